The molecule has 392 valence electrons. The van der Waals surface area contributed by atoms with Gasteiger partial charge in [0.2, 0.25) is 0 Å². The average molecular weight is 1670 g/mol. The number of aldehydes is 1. The van der Waals surface area contributed by atoms with Gasteiger partial charge in [-0.1, -0.05) is 7.96 Å². The van der Waals surface area contributed by atoms with E-state index in [-0.39, 0.29) is 231 Å². The number of nitrogens with two attached hydrogens (primary N) is 2. The molecular formula is C29H60BBrClCs2F4N4O9P19. The molecule has 0 saturated heterocycles. The van der Waals surface area contributed by atoms with Gasteiger partial charge < -0.3 is 48.0 Å². The summed E-state index contributed by atoms with van der Waals surface area (Å²) in [5.74, 6) is -4.12. The second-order valence-electron chi connectivity index (χ2n) is 12.9. The van der Waals surface area contributed by atoms with Crippen LogP contribution >= 0.6 is 181 Å². The van der Waals surface area contributed by atoms with Gasteiger partial charge >= 0.3 is 145 Å². The minimum Gasteiger partial charge on any atom is -1.00 e. The molecule has 0 aromatic heterocycles. The molecule has 0 bridgehead atoms. The average Bonchev–Trinajstić information content (AvgIpc) is 3.21. The zero-order valence-corrected chi connectivity index (χ0v) is 73.4. The van der Waals surface area contributed by atoms with Crippen LogP contribution in [0.2, 0.25) is 0 Å². The molecule has 2 rings (SSSR count). The molecule has 0 saturated carbocycles. The van der Waals surface area contributed by atoms with Crippen LogP contribution in [0, 0.1) is 28.7 Å². The molecular weight excluding hydrogens is 1600 g/mol. The molecule has 41 heteroatoms. The minimum absolute atomic E-state index is 0. The molecule has 0 radical (unpaired) electrons. The molecule has 0 aliphatic carbocycles. The smallest absolute Gasteiger partial charge is 1.00 e. The zero-order valence-electron chi connectivity index (χ0n) is 39.8. The molecule has 0 aliphatic rings. The van der Waals surface area contributed by atoms with Crippen LogP contribution in [0.4, 0.5) is 17.6 Å². The molecule has 2 aromatic rings. The van der Waals surface area contributed by atoms with Gasteiger partial charge in [-0.3, -0.25) is 20.0 Å². The Balaban J connectivity index is -0.000000149. The van der Waals surface area contributed by atoms with Gasteiger partial charge in [0, 0.05) is 17.5 Å². The zero-order chi connectivity index (χ0) is 54.3. The number of carbonyl (C=O) groups is 2. The van der Waals surface area contributed by atoms with Gasteiger partial charge in [-0.15, -0.1) is 101 Å². The number of alkyl halides is 1. The van der Waals surface area contributed by atoms with Crippen molar-refractivity contribution in [2.45, 2.75) is 38.9 Å². The predicted octanol–water partition coefficient (Wildman–Crippen LogP) is 6.70. The Kier molecular flexibility index (Phi) is 66.3. The number of rotatable bonds is 18. The van der Waals surface area contributed by atoms with Crippen LogP contribution in [0.3, 0.4) is 0 Å². The second kappa shape index (κ2) is 51.8. The molecule has 9 N–H and O–H groups in total. The van der Waals surface area contributed by atoms with Gasteiger partial charge in [0.15, 0.2) is 23.7 Å². The van der Waals surface area contributed by atoms with Crippen molar-refractivity contribution in [2.24, 2.45) is 16.5 Å². The fourth-order valence-electron chi connectivity index (χ4n) is 3.28. The van der Waals surface area contributed by atoms with E-state index in [1.807, 2.05) is 0 Å². The van der Waals surface area contributed by atoms with Crippen molar-refractivity contribution in [3.8, 4) is 5.75 Å². The minimum atomic E-state index is -1.89. The number of hydrogen-bond donors (Lipinski definition) is 7. The number of allylic oxidation sites excluding steroid dienone is 2. The Labute approximate surface area is 576 Å². The van der Waals surface area contributed by atoms with Crippen molar-refractivity contribution >= 4 is 223 Å². The largest absolute Gasteiger partial charge is 1.00 e. The van der Waals surface area contributed by atoms with E-state index in [1.54, 1.807) is 27.7 Å². The summed E-state index contributed by atoms with van der Waals surface area (Å²) in [7, 11) is 31.7. The Bertz CT molecular complexity index is 1810. The summed E-state index contributed by atoms with van der Waals surface area (Å²) < 4.78 is 57.3. The van der Waals surface area contributed by atoms with Gasteiger partial charge in [-0.2, -0.15) is 0 Å². The number of nitrogens with one attached hydrogen (secondary N) is 1. The Morgan fingerprint density at radius 1 is 0.886 bits per heavy atom. The molecule has 0 aliphatic heterocycles. The summed E-state index contributed by atoms with van der Waals surface area (Å²) in [5, 5.41) is 50.4. The number of hydrogen-bond acceptors (Lipinski definition) is 13. The van der Waals surface area contributed by atoms with Crippen LogP contribution in [0.5, 0.6) is 5.75 Å². The van der Waals surface area contributed by atoms with Gasteiger partial charge in [0.05, 0.1) is 40.9 Å². The topological polar surface area (TPSA) is 245 Å². The maximum atomic E-state index is 13.4. The number of ether oxygens (including phenoxy) is 1. The van der Waals surface area contributed by atoms with Gasteiger partial charge in [-0.05, 0) is 148 Å². The number of halogens is 6. The molecule has 12 unspecified atom stereocenters. The van der Waals surface area contributed by atoms with Crippen LogP contribution in [0.15, 0.2) is 47.6 Å². The number of benzene rings is 2. The van der Waals surface area contributed by atoms with E-state index in [2.05, 4.69) is 120 Å². The SMILES string of the molecule is CC(C)(O)CCl.CC(C)(O)CN=CC=C(N)c1cc(F)c(C=O)c(F)c1.COc1c(F)cc(B(O)O)cc1F.N=C(Br)/C=C\N.O=CO[O-].PPP(P)P(P(P(P)P)P(P)P)P(P(P)P)P(P)P.[Cs+].[Cs+].[H-]. The summed E-state index contributed by atoms with van der Waals surface area (Å²) >= 11 is 8.08. The normalized spacial score (nSPS) is 11.9. The monoisotopic (exact) mass is 1660 g/mol. The first kappa shape index (κ1) is 89.6. The Morgan fingerprint density at radius 2 is 1.27 bits per heavy atom. The third kappa shape index (κ3) is 45.8. The quantitative estimate of drug-likeness (QED) is 0.0121. The molecule has 70 heavy (non-hydrogen) atoms. The van der Waals surface area contributed by atoms with Crippen molar-refractivity contribution in [3.05, 3.63) is 77.0 Å². The number of aliphatic hydroxyl groups is 2. The third-order valence-corrected chi connectivity index (χ3v) is 125. The van der Waals surface area contributed by atoms with Gasteiger partial charge in [-0.25, -0.2) is 17.6 Å². The summed E-state index contributed by atoms with van der Waals surface area (Å²) in [4.78, 5) is 25.6. The maximum Gasteiger partial charge on any atom is 1.00 e. The number of aliphatic imine (C=N–C) groups is 1. The van der Waals surface area contributed by atoms with E-state index in [1.165, 1.54) is 24.6 Å². The van der Waals surface area contributed by atoms with Crippen molar-refractivity contribution in [2.75, 3.05) is 19.5 Å². The van der Waals surface area contributed by atoms with Crippen LogP contribution in [-0.4, -0.2) is 81.7 Å². The summed E-state index contributed by atoms with van der Waals surface area (Å²) in [6.07, 6.45) is 5.56. The molecule has 0 amide bonds. The van der Waals surface area contributed by atoms with E-state index in [4.69, 9.17) is 53.7 Å². The van der Waals surface area contributed by atoms with E-state index in [9.17, 15) is 27.5 Å². The van der Waals surface area contributed by atoms with Gasteiger partial charge in [0.1, 0.15) is 11.6 Å². The van der Waals surface area contributed by atoms with Crippen LogP contribution < -0.4 is 165 Å². The molecule has 12 atom stereocenters. The van der Waals surface area contributed by atoms with Crippen LogP contribution in [0.1, 0.15) is 45.0 Å². The predicted molar refractivity (Wildman–Crippen MR) is 342 cm³/mol. The van der Waals surface area contributed by atoms with E-state index >= 15 is 0 Å². The second-order valence-corrected chi connectivity index (χ2v) is 86.8. The van der Waals surface area contributed by atoms with E-state index < -0.39 is 52.9 Å². The Morgan fingerprint density at radius 3 is 1.50 bits per heavy atom. The first-order valence-corrected chi connectivity index (χ1v) is 52.6. The first-order valence-electron chi connectivity index (χ1n) is 17.4. The molecule has 0 spiro atoms. The summed E-state index contributed by atoms with van der Waals surface area (Å²) in [6.45, 7) is 7.37. The fourth-order valence-corrected chi connectivity index (χ4v) is 222. The van der Waals surface area contributed by atoms with E-state index in [0.717, 1.165) is 39.3 Å². The van der Waals surface area contributed by atoms with E-state index in [0.29, 0.717) is 10.5 Å². The Hall–Kier alpha value is 8.43. The standard InChI is InChI=1S/C14H16F2N2O2.C7H7BF2O3.C4H9ClO.C3H5BrN2.CH2O3.2Cs.H21P19.H/c1-14(2,20)8-18-4-3-13(17)9-5-11(15)10(7-19)12(16)6-9;1-13-7-5(9)2-4(8(11)12)3-6(7)10;1-4(2,6)3-5;4-3(6)1-2-5;2-1-4-3;;;1-11-16(10)19(17(12(2)3)13(4)5)18(14(6)7)15(8)9;/h3-7,20H,8,17H2,1-2H3;2-3,11-12H,1H3;6H,3H2,1-2H3;1-2,6H,5H2;1,3H;;;11H,1-10H2;/q;;;;;2*+1;;-1/p-1/b;;;2-1-,6-3?;;;;;. The van der Waals surface area contributed by atoms with Crippen molar-refractivity contribution in [3.63, 3.8) is 0 Å². The number of nitrogens with zero attached hydrogens (tertiary/aromatic N) is 1. The third-order valence-electron chi connectivity index (χ3n) is 5.97. The van der Waals surface area contributed by atoms with Crippen LogP contribution in [0.25, 0.3) is 5.70 Å². The molecule has 2 aromatic carbocycles. The molecule has 0 fully saturated rings. The molecule has 13 nitrogen and oxygen atoms in total. The maximum absolute atomic E-state index is 13.4. The van der Waals surface area contributed by atoms with Crippen LogP contribution in [-0.2, 0) is 9.68 Å². The number of carbonyl (C=O) groups excluding carboxylic acids is 2. The number of methoxy groups -OCH3 is 1. The molecule has 0 heterocycles. The van der Waals surface area contributed by atoms with Gasteiger partial charge in [0.25, 0.3) is 6.47 Å². The van der Waals surface area contributed by atoms with Crippen molar-refractivity contribution in [1.82, 2.24) is 0 Å². The first-order chi connectivity index (χ1) is 31.2. The summed E-state index contributed by atoms with van der Waals surface area (Å²) in [5.41, 5.74) is 8.23. The summed E-state index contributed by atoms with van der Waals surface area (Å²) in [6, 6.07) is 3.55. The fraction of sp³-hybridized carbons (Fsp3) is 0.310. The van der Waals surface area contributed by atoms with Crippen molar-refractivity contribution in [1.29, 1.82) is 5.41 Å². The van der Waals surface area contributed by atoms with Crippen molar-refractivity contribution < 1.29 is 202 Å².